The van der Waals surface area contributed by atoms with E-state index in [4.69, 9.17) is 5.84 Å². The van der Waals surface area contributed by atoms with Crippen LogP contribution in [0.5, 0.6) is 0 Å². The minimum Gasteiger partial charge on any atom is -0.368 e. The van der Waals surface area contributed by atoms with Gasteiger partial charge in [0, 0.05) is 23.8 Å². The van der Waals surface area contributed by atoms with Crippen LogP contribution in [0.2, 0.25) is 0 Å². The van der Waals surface area contributed by atoms with Crippen LogP contribution in [0.15, 0.2) is 54.6 Å². The first-order valence-electron chi connectivity index (χ1n) is 7.19. The molecule has 1 aliphatic heterocycles. The zero-order valence-corrected chi connectivity index (χ0v) is 11.8. The fourth-order valence-electron chi connectivity index (χ4n) is 2.76. The van der Waals surface area contributed by atoms with E-state index in [1.165, 1.54) is 17.7 Å². The van der Waals surface area contributed by atoms with E-state index in [1.54, 1.807) is 0 Å². The number of carbonyl (C=O) groups excluding carboxylic acids is 1. The minimum absolute atomic E-state index is 0.254. The number of nitrogens with two attached hydrogens (primary N) is 1. The Kier molecular flexibility index (Phi) is 3.88. The predicted molar refractivity (Wildman–Crippen MR) is 84.0 cm³/mol. The van der Waals surface area contributed by atoms with Crippen molar-refractivity contribution in [3.63, 3.8) is 0 Å². The van der Waals surface area contributed by atoms with E-state index in [1.807, 2.05) is 30.3 Å². The van der Waals surface area contributed by atoms with Crippen LogP contribution in [0.4, 0.5) is 5.69 Å². The molecule has 4 heteroatoms. The zero-order valence-electron chi connectivity index (χ0n) is 11.8. The number of para-hydroxylation sites is 1. The Hall–Kier alpha value is -2.33. The second kappa shape index (κ2) is 5.97. The molecule has 3 N–H and O–H groups in total. The summed E-state index contributed by atoms with van der Waals surface area (Å²) < 4.78 is 0. The van der Waals surface area contributed by atoms with Crippen LogP contribution in [0.3, 0.4) is 0 Å². The van der Waals surface area contributed by atoms with Crippen LogP contribution < -0.4 is 16.2 Å². The largest absolute Gasteiger partial charge is 0.368 e. The van der Waals surface area contributed by atoms with Crippen molar-refractivity contribution in [2.45, 2.75) is 18.9 Å². The van der Waals surface area contributed by atoms with Gasteiger partial charge in [0.25, 0.3) is 5.91 Å². The second-order valence-corrected chi connectivity index (χ2v) is 5.35. The average Bonchev–Trinajstić information content (AvgIpc) is 2.52. The third-order valence-corrected chi connectivity index (χ3v) is 4.05. The summed E-state index contributed by atoms with van der Waals surface area (Å²) in [5.74, 6) is 4.88. The molecular formula is C17H19N3O. The van der Waals surface area contributed by atoms with Gasteiger partial charge in [0.2, 0.25) is 0 Å². The first kappa shape index (κ1) is 13.6. The molecule has 0 radical (unpaired) electrons. The maximum Gasteiger partial charge on any atom is 0.265 e. The van der Waals surface area contributed by atoms with Gasteiger partial charge in [0.1, 0.15) is 0 Å². The lowest BCUT2D eigenvalue weighted by molar-refractivity contribution is 0.0953. The Morgan fingerprint density at radius 1 is 1.14 bits per heavy atom. The van der Waals surface area contributed by atoms with E-state index in [-0.39, 0.29) is 5.91 Å². The van der Waals surface area contributed by atoms with Gasteiger partial charge in [-0.15, -0.1) is 0 Å². The first-order valence-corrected chi connectivity index (χ1v) is 7.19. The molecule has 1 unspecified atom stereocenters. The molecule has 1 atom stereocenters. The molecule has 0 aromatic heterocycles. The van der Waals surface area contributed by atoms with Gasteiger partial charge >= 0.3 is 0 Å². The minimum atomic E-state index is -0.254. The molecule has 0 saturated carbocycles. The lowest BCUT2D eigenvalue weighted by Crippen LogP contribution is -2.49. The maximum absolute atomic E-state index is 11.4. The summed E-state index contributed by atoms with van der Waals surface area (Å²) in [5.41, 5.74) is 5.27. The van der Waals surface area contributed by atoms with E-state index in [2.05, 4.69) is 34.6 Å². The zero-order chi connectivity index (χ0) is 14.7. The van der Waals surface area contributed by atoms with Gasteiger partial charge in [-0.2, -0.15) is 0 Å². The molecule has 1 saturated heterocycles. The molecule has 1 heterocycles. The standard InChI is InChI=1S/C17H19N3O/c18-19-17(21)14-8-6-13(7-9-14)12-16-10-11-20(16)15-4-2-1-3-5-15/h1-9,16H,10-12,18H2,(H,19,21). The van der Waals surface area contributed by atoms with E-state index in [0.29, 0.717) is 11.6 Å². The van der Waals surface area contributed by atoms with E-state index in [0.717, 1.165) is 13.0 Å². The summed E-state index contributed by atoms with van der Waals surface area (Å²) in [5, 5.41) is 0. The van der Waals surface area contributed by atoms with Gasteiger partial charge < -0.3 is 4.90 Å². The molecule has 108 valence electrons. The third kappa shape index (κ3) is 2.90. The highest BCUT2D eigenvalue weighted by atomic mass is 16.2. The molecule has 1 aliphatic rings. The van der Waals surface area contributed by atoms with Gasteiger partial charge in [-0.05, 0) is 42.7 Å². The average molecular weight is 281 g/mol. The van der Waals surface area contributed by atoms with Gasteiger partial charge in [-0.1, -0.05) is 30.3 Å². The van der Waals surface area contributed by atoms with Gasteiger partial charge in [-0.3, -0.25) is 10.2 Å². The predicted octanol–water partition coefficient (Wildman–Crippen LogP) is 2.11. The van der Waals surface area contributed by atoms with Crippen molar-refractivity contribution in [3.8, 4) is 0 Å². The molecule has 2 aromatic carbocycles. The molecule has 3 rings (SSSR count). The summed E-state index contributed by atoms with van der Waals surface area (Å²) in [6, 6.07) is 18.7. The van der Waals surface area contributed by atoms with Crippen LogP contribution in [-0.2, 0) is 6.42 Å². The Bertz CT molecular complexity index is 610. The van der Waals surface area contributed by atoms with Crippen LogP contribution in [-0.4, -0.2) is 18.5 Å². The smallest absolute Gasteiger partial charge is 0.265 e. The number of hydrogen-bond acceptors (Lipinski definition) is 3. The Labute approximate surface area is 124 Å². The number of nitrogens with zero attached hydrogens (tertiary/aromatic N) is 1. The van der Waals surface area contributed by atoms with Crippen molar-refractivity contribution in [2.75, 3.05) is 11.4 Å². The first-order chi connectivity index (χ1) is 10.3. The molecular weight excluding hydrogens is 262 g/mol. The summed E-state index contributed by atoms with van der Waals surface area (Å²) in [4.78, 5) is 13.8. The highest BCUT2D eigenvalue weighted by Crippen LogP contribution is 2.28. The topological polar surface area (TPSA) is 58.4 Å². The summed E-state index contributed by atoms with van der Waals surface area (Å²) >= 11 is 0. The number of hydrazine groups is 1. The van der Waals surface area contributed by atoms with Crippen molar-refractivity contribution in [1.82, 2.24) is 5.43 Å². The fraction of sp³-hybridized carbons (Fsp3) is 0.235. The van der Waals surface area contributed by atoms with Gasteiger partial charge in [0.15, 0.2) is 0 Å². The fourth-order valence-corrected chi connectivity index (χ4v) is 2.76. The van der Waals surface area contributed by atoms with E-state index in [9.17, 15) is 4.79 Å². The van der Waals surface area contributed by atoms with E-state index >= 15 is 0 Å². The van der Waals surface area contributed by atoms with Crippen LogP contribution in [0.1, 0.15) is 22.3 Å². The van der Waals surface area contributed by atoms with Crippen molar-refractivity contribution in [2.24, 2.45) is 5.84 Å². The molecule has 2 aromatic rings. The second-order valence-electron chi connectivity index (χ2n) is 5.35. The number of nitrogens with one attached hydrogen (secondary N) is 1. The monoisotopic (exact) mass is 281 g/mol. The molecule has 4 nitrogen and oxygen atoms in total. The van der Waals surface area contributed by atoms with Crippen LogP contribution in [0.25, 0.3) is 0 Å². The molecule has 0 spiro atoms. The van der Waals surface area contributed by atoms with E-state index < -0.39 is 0 Å². The number of carbonyl (C=O) groups is 1. The lowest BCUT2D eigenvalue weighted by Gasteiger charge is -2.43. The number of rotatable bonds is 4. The summed E-state index contributed by atoms with van der Waals surface area (Å²) in [6.07, 6.45) is 2.21. The molecule has 0 bridgehead atoms. The van der Waals surface area contributed by atoms with Crippen LogP contribution in [0, 0.1) is 0 Å². The van der Waals surface area contributed by atoms with Gasteiger partial charge in [-0.25, -0.2) is 5.84 Å². The molecule has 0 aliphatic carbocycles. The van der Waals surface area contributed by atoms with Crippen molar-refractivity contribution in [3.05, 3.63) is 65.7 Å². The van der Waals surface area contributed by atoms with Crippen molar-refractivity contribution >= 4 is 11.6 Å². The molecule has 1 amide bonds. The van der Waals surface area contributed by atoms with Gasteiger partial charge in [0.05, 0.1) is 0 Å². The Morgan fingerprint density at radius 3 is 2.43 bits per heavy atom. The molecule has 21 heavy (non-hydrogen) atoms. The number of benzene rings is 2. The highest BCUT2D eigenvalue weighted by molar-refractivity contribution is 5.93. The number of hydrogen-bond donors (Lipinski definition) is 2. The van der Waals surface area contributed by atoms with Crippen LogP contribution >= 0.6 is 0 Å². The van der Waals surface area contributed by atoms with Crippen molar-refractivity contribution < 1.29 is 4.79 Å². The SMILES string of the molecule is NNC(=O)c1ccc(CC2CCN2c2ccccc2)cc1. The lowest BCUT2D eigenvalue weighted by atomic mass is 9.94. The number of anilines is 1. The quantitative estimate of drug-likeness (QED) is 0.512. The molecule has 1 fully saturated rings. The maximum atomic E-state index is 11.4. The Morgan fingerprint density at radius 2 is 1.86 bits per heavy atom. The van der Waals surface area contributed by atoms with Crippen molar-refractivity contribution in [1.29, 1.82) is 0 Å². The summed E-state index contributed by atoms with van der Waals surface area (Å²) in [7, 11) is 0. The number of nitrogen functional groups attached to an aromatic ring is 1. The Balaban J connectivity index is 1.66. The normalized spacial score (nSPS) is 17.2. The third-order valence-electron chi connectivity index (χ3n) is 4.05. The number of amides is 1. The summed E-state index contributed by atoms with van der Waals surface area (Å²) in [6.45, 7) is 1.11. The highest BCUT2D eigenvalue weighted by Gasteiger charge is 2.27.